The van der Waals surface area contributed by atoms with Gasteiger partial charge in [0.05, 0.1) is 0 Å². The molecular weight excluding hydrogens is 267 g/mol. The highest BCUT2D eigenvalue weighted by atomic mass is 35.5. The molecule has 1 aromatic carbocycles. The first-order valence-corrected chi connectivity index (χ1v) is 6.53. The molecule has 2 atom stereocenters. The second-order valence-electron chi connectivity index (χ2n) is 5.29. The molecule has 2 N–H and O–H groups in total. The summed E-state index contributed by atoms with van der Waals surface area (Å²) in [5.74, 6) is -0.409. The minimum atomic E-state index is -0.313. The Morgan fingerprint density at radius 2 is 1.74 bits per heavy atom. The molecule has 2 fully saturated rings. The predicted octanol–water partition coefficient (Wildman–Crippen LogP) is 2.26. The van der Waals surface area contributed by atoms with E-state index in [-0.39, 0.29) is 30.2 Å². The number of carbonyl (C=O) groups is 1. The third kappa shape index (κ3) is 3.25. The van der Waals surface area contributed by atoms with Crippen LogP contribution in [0.2, 0.25) is 0 Å². The lowest BCUT2D eigenvalue weighted by molar-refractivity contribution is 0.0924. The van der Waals surface area contributed by atoms with E-state index in [4.69, 9.17) is 0 Å². The summed E-state index contributed by atoms with van der Waals surface area (Å²) in [6.45, 7) is 0. The van der Waals surface area contributed by atoms with Gasteiger partial charge in [0.1, 0.15) is 5.82 Å². The van der Waals surface area contributed by atoms with E-state index >= 15 is 0 Å². The Balaban J connectivity index is 0.00000133. The number of hydrogen-bond acceptors (Lipinski definition) is 2. The number of rotatable bonds is 2. The normalized spacial score (nSPS) is 28.6. The molecule has 0 aromatic heterocycles. The van der Waals surface area contributed by atoms with Gasteiger partial charge in [0.2, 0.25) is 0 Å². The van der Waals surface area contributed by atoms with Crippen LogP contribution in [0.15, 0.2) is 24.3 Å². The maximum atomic E-state index is 12.8. The fourth-order valence-electron chi connectivity index (χ4n) is 3.05. The summed E-state index contributed by atoms with van der Waals surface area (Å²) < 4.78 is 12.8. The highest BCUT2D eigenvalue weighted by Crippen LogP contribution is 2.26. The van der Waals surface area contributed by atoms with E-state index in [0.29, 0.717) is 17.6 Å². The molecule has 104 valence electrons. The average Bonchev–Trinajstić information content (AvgIpc) is 2.69. The van der Waals surface area contributed by atoms with Gasteiger partial charge >= 0.3 is 0 Å². The van der Waals surface area contributed by atoms with Crippen molar-refractivity contribution in [3.05, 3.63) is 35.6 Å². The number of piperidine rings is 1. The number of hydrogen-bond donors (Lipinski definition) is 2. The summed E-state index contributed by atoms with van der Waals surface area (Å²) in [6, 6.07) is 7.06. The van der Waals surface area contributed by atoms with Crippen molar-refractivity contribution in [1.29, 1.82) is 0 Å². The Morgan fingerprint density at radius 3 is 2.32 bits per heavy atom. The molecule has 0 spiro atoms. The van der Waals surface area contributed by atoms with Crippen LogP contribution in [-0.2, 0) is 0 Å². The Morgan fingerprint density at radius 1 is 1.16 bits per heavy atom. The molecule has 2 heterocycles. The zero-order chi connectivity index (χ0) is 12.5. The van der Waals surface area contributed by atoms with Crippen molar-refractivity contribution in [2.75, 3.05) is 0 Å². The molecule has 2 unspecified atom stereocenters. The summed E-state index contributed by atoms with van der Waals surface area (Å²) in [5, 5.41) is 6.59. The monoisotopic (exact) mass is 284 g/mol. The third-order valence-electron chi connectivity index (χ3n) is 3.91. The van der Waals surface area contributed by atoms with E-state index in [1.807, 2.05) is 0 Å². The summed E-state index contributed by atoms with van der Waals surface area (Å²) in [4.78, 5) is 12.0. The summed E-state index contributed by atoms with van der Waals surface area (Å²) >= 11 is 0. The van der Waals surface area contributed by atoms with Gasteiger partial charge in [0.15, 0.2) is 0 Å². The van der Waals surface area contributed by atoms with Crippen molar-refractivity contribution < 1.29 is 9.18 Å². The largest absolute Gasteiger partial charge is 0.349 e. The fourth-order valence-corrected chi connectivity index (χ4v) is 3.05. The lowest BCUT2D eigenvalue weighted by Crippen LogP contribution is -2.48. The van der Waals surface area contributed by atoms with Crippen molar-refractivity contribution in [3.63, 3.8) is 0 Å². The van der Waals surface area contributed by atoms with Crippen molar-refractivity contribution in [2.24, 2.45) is 0 Å². The second-order valence-corrected chi connectivity index (χ2v) is 5.29. The van der Waals surface area contributed by atoms with Crippen molar-refractivity contribution in [2.45, 2.75) is 43.8 Å². The Bertz CT molecular complexity index is 439. The minimum absolute atomic E-state index is 0. The van der Waals surface area contributed by atoms with Gasteiger partial charge in [-0.25, -0.2) is 4.39 Å². The molecule has 19 heavy (non-hydrogen) atoms. The van der Waals surface area contributed by atoms with Crippen molar-refractivity contribution in [3.8, 4) is 0 Å². The lowest BCUT2D eigenvalue weighted by Gasteiger charge is -2.29. The SMILES string of the molecule is Cl.O=C(NC1CC2CCC(C1)N2)c1ccc(F)cc1. The van der Waals surface area contributed by atoms with Gasteiger partial charge in [-0.3, -0.25) is 4.79 Å². The van der Waals surface area contributed by atoms with E-state index in [2.05, 4.69) is 10.6 Å². The van der Waals surface area contributed by atoms with Crippen LogP contribution in [0.1, 0.15) is 36.0 Å². The van der Waals surface area contributed by atoms with Crippen LogP contribution in [0.4, 0.5) is 4.39 Å². The van der Waals surface area contributed by atoms with Gasteiger partial charge in [-0.15, -0.1) is 12.4 Å². The van der Waals surface area contributed by atoms with Gasteiger partial charge in [-0.05, 0) is 49.9 Å². The Hall–Kier alpha value is -1.13. The number of benzene rings is 1. The van der Waals surface area contributed by atoms with E-state index in [9.17, 15) is 9.18 Å². The average molecular weight is 285 g/mol. The third-order valence-corrected chi connectivity index (χ3v) is 3.91. The molecule has 2 aliphatic rings. The molecule has 1 aromatic rings. The Labute approximate surface area is 118 Å². The first-order chi connectivity index (χ1) is 8.70. The van der Waals surface area contributed by atoms with Gasteiger partial charge in [-0.1, -0.05) is 0 Å². The quantitative estimate of drug-likeness (QED) is 0.875. The molecule has 1 amide bonds. The maximum absolute atomic E-state index is 12.8. The minimum Gasteiger partial charge on any atom is -0.349 e. The highest BCUT2D eigenvalue weighted by molar-refractivity contribution is 5.94. The first-order valence-electron chi connectivity index (χ1n) is 6.53. The zero-order valence-corrected chi connectivity index (χ0v) is 11.4. The summed E-state index contributed by atoms with van der Waals surface area (Å²) in [5.41, 5.74) is 0.530. The predicted molar refractivity (Wildman–Crippen MR) is 74.1 cm³/mol. The molecule has 2 bridgehead atoms. The molecule has 2 saturated heterocycles. The second kappa shape index (κ2) is 5.88. The molecular formula is C14H18ClFN2O. The van der Waals surface area contributed by atoms with Crippen LogP contribution in [0.3, 0.4) is 0 Å². The molecule has 0 aliphatic carbocycles. The number of amides is 1. The maximum Gasteiger partial charge on any atom is 0.251 e. The van der Waals surface area contributed by atoms with E-state index < -0.39 is 0 Å². The van der Waals surface area contributed by atoms with Gasteiger partial charge in [0, 0.05) is 23.7 Å². The lowest BCUT2D eigenvalue weighted by atomic mass is 9.99. The molecule has 0 saturated carbocycles. The Kier molecular flexibility index (Phi) is 4.42. The van der Waals surface area contributed by atoms with Crippen molar-refractivity contribution >= 4 is 18.3 Å². The van der Waals surface area contributed by atoms with Crippen LogP contribution >= 0.6 is 12.4 Å². The molecule has 5 heteroatoms. The number of fused-ring (bicyclic) bond motifs is 2. The number of halogens is 2. The standard InChI is InChI=1S/C14H17FN2O.ClH/c15-10-3-1-9(2-4-10)14(18)17-13-7-11-5-6-12(8-13)16-11;/h1-4,11-13,16H,5-8H2,(H,17,18);1H. The molecule has 3 nitrogen and oxygen atoms in total. The molecule has 2 aliphatic heterocycles. The zero-order valence-electron chi connectivity index (χ0n) is 10.6. The van der Waals surface area contributed by atoms with Crippen LogP contribution in [-0.4, -0.2) is 24.0 Å². The summed E-state index contributed by atoms with van der Waals surface area (Å²) in [6.07, 6.45) is 4.44. The van der Waals surface area contributed by atoms with E-state index in [0.717, 1.165) is 12.8 Å². The fraction of sp³-hybridized carbons (Fsp3) is 0.500. The first kappa shape index (κ1) is 14.3. The number of carbonyl (C=O) groups excluding carboxylic acids is 1. The smallest absolute Gasteiger partial charge is 0.251 e. The summed E-state index contributed by atoms with van der Waals surface area (Å²) in [7, 11) is 0. The van der Waals surface area contributed by atoms with Crippen LogP contribution < -0.4 is 10.6 Å². The number of nitrogens with one attached hydrogen (secondary N) is 2. The van der Waals surface area contributed by atoms with Gasteiger partial charge in [-0.2, -0.15) is 0 Å². The van der Waals surface area contributed by atoms with E-state index in [1.165, 1.54) is 37.1 Å². The van der Waals surface area contributed by atoms with Gasteiger partial charge < -0.3 is 10.6 Å². The highest BCUT2D eigenvalue weighted by Gasteiger charge is 2.33. The van der Waals surface area contributed by atoms with Crippen LogP contribution in [0.5, 0.6) is 0 Å². The molecule has 3 rings (SSSR count). The van der Waals surface area contributed by atoms with Crippen LogP contribution in [0, 0.1) is 5.82 Å². The van der Waals surface area contributed by atoms with E-state index in [1.54, 1.807) is 0 Å². The van der Waals surface area contributed by atoms with Crippen LogP contribution in [0.25, 0.3) is 0 Å². The van der Waals surface area contributed by atoms with Gasteiger partial charge in [0.25, 0.3) is 5.91 Å². The molecule has 0 radical (unpaired) electrons. The van der Waals surface area contributed by atoms with Crippen molar-refractivity contribution in [1.82, 2.24) is 10.6 Å². The topological polar surface area (TPSA) is 41.1 Å².